The lowest BCUT2D eigenvalue weighted by Crippen LogP contribution is -2.47. The molecule has 3 nitrogen and oxygen atoms in total. The van der Waals surface area contributed by atoms with Crippen molar-refractivity contribution in [3.05, 3.63) is 71.3 Å². The molecular weight excluding hydrogens is 358 g/mol. The molecule has 2 fully saturated rings. The lowest BCUT2D eigenvalue weighted by Gasteiger charge is -2.34. The van der Waals surface area contributed by atoms with Crippen LogP contribution in [0.2, 0.25) is 0 Å². The Kier molecular flexibility index (Phi) is 6.35. The van der Waals surface area contributed by atoms with E-state index >= 15 is 0 Å². The number of benzene rings is 2. The molecule has 4 rings (SSSR count). The first-order chi connectivity index (χ1) is 13.7. The molecule has 0 saturated carbocycles. The zero-order valence-corrected chi connectivity index (χ0v) is 16.2. The van der Waals surface area contributed by atoms with Gasteiger partial charge in [-0.15, -0.1) is 0 Å². The van der Waals surface area contributed by atoms with Crippen molar-refractivity contribution in [2.45, 2.75) is 24.9 Å². The quantitative estimate of drug-likeness (QED) is 0.642. The number of halogens is 2. The van der Waals surface area contributed by atoms with Crippen molar-refractivity contribution in [3.8, 4) is 0 Å². The van der Waals surface area contributed by atoms with Gasteiger partial charge in [-0.2, -0.15) is 0 Å². The predicted octanol–water partition coefficient (Wildman–Crippen LogP) is 3.89. The molecule has 0 aliphatic carbocycles. The van der Waals surface area contributed by atoms with E-state index in [1.54, 1.807) is 24.3 Å². The third kappa shape index (κ3) is 4.96. The van der Waals surface area contributed by atoms with Gasteiger partial charge in [0.1, 0.15) is 11.6 Å². The van der Waals surface area contributed by atoms with Crippen molar-refractivity contribution in [1.29, 1.82) is 0 Å². The second kappa shape index (κ2) is 9.12. The van der Waals surface area contributed by atoms with Crippen LogP contribution in [0, 0.1) is 11.6 Å². The normalized spacial score (nSPS) is 20.6. The molecule has 0 spiro atoms. The minimum absolute atomic E-state index is 0.254. The summed E-state index contributed by atoms with van der Waals surface area (Å²) in [4.78, 5) is 4.93. The first kappa shape index (κ1) is 19.5. The molecule has 2 heterocycles. The van der Waals surface area contributed by atoms with Crippen LogP contribution in [0.25, 0.3) is 0 Å². The van der Waals surface area contributed by atoms with E-state index in [4.69, 9.17) is 4.74 Å². The number of ether oxygens (including phenoxy) is 1. The predicted molar refractivity (Wildman–Crippen MR) is 106 cm³/mol. The molecule has 2 aliphatic heterocycles. The van der Waals surface area contributed by atoms with Gasteiger partial charge < -0.3 is 9.64 Å². The van der Waals surface area contributed by atoms with Crippen LogP contribution in [-0.2, 0) is 4.74 Å². The fourth-order valence-electron chi connectivity index (χ4n) is 4.17. The Labute approximate surface area is 165 Å². The fourth-order valence-corrected chi connectivity index (χ4v) is 4.17. The zero-order valence-electron chi connectivity index (χ0n) is 16.2. The average Bonchev–Trinajstić information content (AvgIpc) is 3.52. The van der Waals surface area contributed by atoms with E-state index in [9.17, 15) is 8.78 Å². The molecule has 28 heavy (non-hydrogen) atoms. The second-order valence-electron chi connectivity index (χ2n) is 7.84. The Morgan fingerprint density at radius 3 is 1.93 bits per heavy atom. The van der Waals surface area contributed by atoms with Crippen LogP contribution in [0.5, 0.6) is 0 Å². The van der Waals surface area contributed by atoms with Crippen LogP contribution >= 0.6 is 0 Å². The van der Waals surface area contributed by atoms with Crippen LogP contribution in [0.4, 0.5) is 8.78 Å². The standard InChI is InChI=1S/C23H28F2N2O/c24-22-9-3-1-6-20(22)19(21-7-2-4-10-23(21)25)8-5-11-26-12-14-27(15-13-26)16-18-17-28-18/h1-4,6-7,9-10,18-19H,5,8,11-17H2. The van der Waals surface area contributed by atoms with E-state index < -0.39 is 0 Å². The number of hydrogen-bond donors (Lipinski definition) is 0. The molecule has 2 aromatic rings. The summed E-state index contributed by atoms with van der Waals surface area (Å²) in [6, 6.07) is 13.5. The maximum atomic E-state index is 14.4. The molecule has 5 heteroatoms. The minimum atomic E-state index is -0.258. The van der Waals surface area contributed by atoms with Crippen molar-refractivity contribution in [3.63, 3.8) is 0 Å². The molecular formula is C23H28F2N2O. The smallest absolute Gasteiger partial charge is 0.127 e. The highest BCUT2D eigenvalue weighted by Gasteiger charge is 2.27. The second-order valence-corrected chi connectivity index (χ2v) is 7.84. The lowest BCUT2D eigenvalue weighted by molar-refractivity contribution is 0.123. The summed E-state index contributed by atoms with van der Waals surface area (Å²) in [5.41, 5.74) is 1.17. The van der Waals surface area contributed by atoms with E-state index in [0.29, 0.717) is 17.2 Å². The topological polar surface area (TPSA) is 19.0 Å². The molecule has 0 amide bonds. The first-order valence-electron chi connectivity index (χ1n) is 10.3. The molecule has 0 aromatic heterocycles. The van der Waals surface area contributed by atoms with Crippen LogP contribution in [0.1, 0.15) is 29.9 Å². The van der Waals surface area contributed by atoms with Crippen molar-refractivity contribution < 1.29 is 13.5 Å². The largest absolute Gasteiger partial charge is 0.372 e. The summed E-state index contributed by atoms with van der Waals surface area (Å²) in [6.07, 6.45) is 2.10. The number of nitrogens with zero attached hydrogens (tertiary/aromatic N) is 2. The third-order valence-corrected chi connectivity index (χ3v) is 5.86. The summed E-state index contributed by atoms with van der Waals surface area (Å²) < 4.78 is 34.2. The van der Waals surface area contributed by atoms with Crippen molar-refractivity contribution in [2.75, 3.05) is 45.9 Å². The molecule has 0 N–H and O–H groups in total. The van der Waals surface area contributed by atoms with E-state index in [1.807, 2.05) is 12.1 Å². The molecule has 1 unspecified atom stereocenters. The molecule has 1 atom stereocenters. The van der Waals surface area contributed by atoms with Gasteiger partial charge in [0.15, 0.2) is 0 Å². The lowest BCUT2D eigenvalue weighted by atomic mass is 9.86. The average molecular weight is 386 g/mol. The Morgan fingerprint density at radius 1 is 0.857 bits per heavy atom. The Balaban J connectivity index is 1.35. The fraction of sp³-hybridized carbons (Fsp3) is 0.478. The molecule has 2 aromatic carbocycles. The highest BCUT2D eigenvalue weighted by atomic mass is 19.1. The molecule has 0 radical (unpaired) electrons. The van der Waals surface area contributed by atoms with Gasteiger partial charge in [-0.3, -0.25) is 4.90 Å². The Bertz CT molecular complexity index is 727. The summed E-state index contributed by atoms with van der Waals surface area (Å²) in [7, 11) is 0. The highest BCUT2D eigenvalue weighted by molar-refractivity contribution is 5.34. The maximum Gasteiger partial charge on any atom is 0.127 e. The Morgan fingerprint density at radius 2 is 1.39 bits per heavy atom. The van der Waals surface area contributed by atoms with Crippen LogP contribution in [0.15, 0.2) is 48.5 Å². The molecule has 150 valence electrons. The summed E-state index contributed by atoms with van der Waals surface area (Å²) in [5, 5.41) is 0. The van der Waals surface area contributed by atoms with Crippen molar-refractivity contribution in [1.82, 2.24) is 9.80 Å². The minimum Gasteiger partial charge on any atom is -0.372 e. The van der Waals surface area contributed by atoms with E-state index in [1.165, 1.54) is 12.1 Å². The molecule has 2 saturated heterocycles. The van der Waals surface area contributed by atoms with Gasteiger partial charge in [0, 0.05) is 38.6 Å². The summed E-state index contributed by atoms with van der Waals surface area (Å²) in [6.45, 7) is 7.18. The highest BCUT2D eigenvalue weighted by Crippen LogP contribution is 2.32. The van der Waals surface area contributed by atoms with Gasteiger partial charge in [0.05, 0.1) is 12.7 Å². The van der Waals surface area contributed by atoms with Crippen LogP contribution in [0.3, 0.4) is 0 Å². The van der Waals surface area contributed by atoms with Gasteiger partial charge in [-0.05, 0) is 42.6 Å². The molecule has 0 bridgehead atoms. The van der Waals surface area contributed by atoms with Gasteiger partial charge >= 0.3 is 0 Å². The Hall–Kier alpha value is -1.82. The van der Waals surface area contributed by atoms with E-state index in [0.717, 1.165) is 58.7 Å². The number of piperazine rings is 1. The number of rotatable bonds is 8. The van der Waals surface area contributed by atoms with Gasteiger partial charge in [-0.1, -0.05) is 36.4 Å². The molecule has 2 aliphatic rings. The summed E-state index contributed by atoms with van der Waals surface area (Å²) in [5.74, 6) is -0.769. The van der Waals surface area contributed by atoms with Gasteiger partial charge in [0.25, 0.3) is 0 Å². The van der Waals surface area contributed by atoms with E-state index in [-0.39, 0.29) is 17.6 Å². The van der Waals surface area contributed by atoms with Crippen LogP contribution in [-0.4, -0.2) is 61.8 Å². The van der Waals surface area contributed by atoms with Crippen molar-refractivity contribution >= 4 is 0 Å². The maximum absolute atomic E-state index is 14.4. The third-order valence-electron chi connectivity index (χ3n) is 5.86. The first-order valence-corrected chi connectivity index (χ1v) is 10.3. The van der Waals surface area contributed by atoms with Gasteiger partial charge in [0.2, 0.25) is 0 Å². The summed E-state index contributed by atoms with van der Waals surface area (Å²) >= 11 is 0. The van der Waals surface area contributed by atoms with Crippen molar-refractivity contribution in [2.24, 2.45) is 0 Å². The van der Waals surface area contributed by atoms with Crippen LogP contribution < -0.4 is 0 Å². The number of hydrogen-bond acceptors (Lipinski definition) is 3. The SMILES string of the molecule is Fc1ccccc1C(CCCN1CCN(CC2CO2)CC1)c1ccccc1F. The monoisotopic (exact) mass is 386 g/mol. The zero-order chi connectivity index (χ0) is 19.3. The van der Waals surface area contributed by atoms with Gasteiger partial charge in [-0.25, -0.2) is 8.78 Å². The van der Waals surface area contributed by atoms with E-state index in [2.05, 4.69) is 9.80 Å². The number of epoxide rings is 1.